The number of carbonyl (C=O) groups is 1. The summed E-state index contributed by atoms with van der Waals surface area (Å²) in [6, 6.07) is 20.4. The number of hydrogen-bond acceptors (Lipinski definition) is 5. The van der Waals surface area contributed by atoms with Crippen molar-refractivity contribution in [1.82, 2.24) is 9.55 Å². The molecule has 4 aromatic rings. The van der Waals surface area contributed by atoms with Gasteiger partial charge in [-0.05, 0) is 87.4 Å². The van der Waals surface area contributed by atoms with Crippen molar-refractivity contribution in [3.63, 3.8) is 0 Å². The van der Waals surface area contributed by atoms with Crippen LogP contribution >= 0.6 is 0 Å². The van der Waals surface area contributed by atoms with E-state index in [-0.39, 0.29) is 12.1 Å². The van der Waals surface area contributed by atoms with E-state index in [1.54, 1.807) is 0 Å². The number of aliphatic imine (C=N–C) groups is 1. The number of carbonyl (C=O) groups excluding carboxylic acids is 1. The molecule has 210 valence electrons. The largest absolute Gasteiger partial charge is 0.467 e. The standard InChI is InChI=1S/C35H37N3O3/c1-6-31-37-32-22(2)18-25(33-36-28-14-10-11-15-30(28)40-33)20-29(32)38(31)21-23-16-17-26(24-12-8-7-9-13-24)27(19-23)34(39)41-35(3,4)5/h7-9,12-14,16-20,30H,6,10-11,15,21H2,1-5H3. The number of aromatic nitrogens is 2. The number of allylic oxidation sites excluding steroid dienone is 1. The van der Waals surface area contributed by atoms with Crippen LogP contribution in [0, 0.1) is 6.92 Å². The maximum Gasteiger partial charge on any atom is 0.339 e. The fourth-order valence-corrected chi connectivity index (χ4v) is 5.73. The van der Waals surface area contributed by atoms with Gasteiger partial charge in [0.15, 0.2) is 0 Å². The lowest BCUT2D eigenvalue weighted by atomic mass is 9.97. The number of imidazole rings is 1. The number of fused-ring (bicyclic) bond motifs is 2. The minimum Gasteiger partial charge on any atom is -0.467 e. The summed E-state index contributed by atoms with van der Waals surface area (Å²) in [6.07, 6.45) is 6.27. The number of ether oxygens (including phenoxy) is 2. The summed E-state index contributed by atoms with van der Waals surface area (Å²) in [7, 11) is 0. The summed E-state index contributed by atoms with van der Waals surface area (Å²) in [5.41, 5.74) is 7.96. The number of benzene rings is 3. The molecule has 0 bridgehead atoms. The normalized spacial score (nSPS) is 16.7. The first-order valence-electron chi connectivity index (χ1n) is 14.6. The molecule has 0 saturated heterocycles. The molecule has 41 heavy (non-hydrogen) atoms. The van der Waals surface area contributed by atoms with E-state index in [4.69, 9.17) is 19.5 Å². The van der Waals surface area contributed by atoms with Crippen LogP contribution in [0.1, 0.15) is 79.8 Å². The van der Waals surface area contributed by atoms with Crippen LogP contribution in [0.25, 0.3) is 22.2 Å². The van der Waals surface area contributed by atoms with Crippen LogP contribution in [0.3, 0.4) is 0 Å². The van der Waals surface area contributed by atoms with Gasteiger partial charge in [0.05, 0.1) is 22.3 Å². The molecule has 1 aliphatic heterocycles. The number of aryl methyl sites for hydroxylation is 2. The fraction of sp³-hybridized carbons (Fsp3) is 0.343. The maximum atomic E-state index is 13.4. The lowest BCUT2D eigenvalue weighted by Crippen LogP contribution is -2.24. The molecule has 0 radical (unpaired) electrons. The highest BCUT2D eigenvalue weighted by atomic mass is 16.6. The average molecular weight is 548 g/mol. The molecule has 1 atom stereocenters. The molecule has 1 aromatic heterocycles. The highest BCUT2D eigenvalue weighted by Crippen LogP contribution is 2.32. The Bertz CT molecular complexity index is 1690. The molecule has 0 saturated carbocycles. The van der Waals surface area contributed by atoms with Crippen LogP contribution in [0.2, 0.25) is 0 Å². The molecule has 2 aliphatic rings. The predicted molar refractivity (Wildman–Crippen MR) is 163 cm³/mol. The van der Waals surface area contributed by atoms with Gasteiger partial charge in [0.2, 0.25) is 5.90 Å². The smallest absolute Gasteiger partial charge is 0.339 e. The molecule has 0 spiro atoms. The molecule has 3 aromatic carbocycles. The Morgan fingerprint density at radius 1 is 1.07 bits per heavy atom. The van der Waals surface area contributed by atoms with Gasteiger partial charge in [0, 0.05) is 18.5 Å². The second-order valence-corrected chi connectivity index (χ2v) is 12.0. The van der Waals surface area contributed by atoms with Crippen molar-refractivity contribution in [2.75, 3.05) is 0 Å². The van der Waals surface area contributed by atoms with Crippen LogP contribution in [-0.2, 0) is 22.4 Å². The summed E-state index contributed by atoms with van der Waals surface area (Å²) in [5, 5.41) is 0. The Kier molecular flexibility index (Phi) is 7.02. The first kappa shape index (κ1) is 27.0. The van der Waals surface area contributed by atoms with Gasteiger partial charge in [-0.2, -0.15) is 0 Å². The summed E-state index contributed by atoms with van der Waals surface area (Å²) >= 11 is 0. The molecule has 6 nitrogen and oxygen atoms in total. The van der Waals surface area contributed by atoms with E-state index in [9.17, 15) is 4.79 Å². The Morgan fingerprint density at radius 3 is 2.61 bits per heavy atom. The van der Waals surface area contributed by atoms with E-state index in [1.165, 1.54) is 0 Å². The molecule has 6 heteroatoms. The van der Waals surface area contributed by atoms with Crippen LogP contribution in [0.4, 0.5) is 0 Å². The lowest BCUT2D eigenvalue weighted by Gasteiger charge is -2.21. The van der Waals surface area contributed by atoms with Crippen LogP contribution < -0.4 is 0 Å². The van der Waals surface area contributed by atoms with E-state index in [0.717, 1.165) is 76.1 Å². The first-order valence-corrected chi connectivity index (χ1v) is 14.6. The minimum absolute atomic E-state index is 0.0697. The highest BCUT2D eigenvalue weighted by Gasteiger charge is 2.29. The highest BCUT2D eigenvalue weighted by molar-refractivity contribution is 6.00. The minimum atomic E-state index is -0.594. The third kappa shape index (κ3) is 5.43. The van der Waals surface area contributed by atoms with Crippen molar-refractivity contribution in [1.29, 1.82) is 0 Å². The predicted octanol–water partition coefficient (Wildman–Crippen LogP) is 7.79. The molecular weight excluding hydrogens is 510 g/mol. The summed E-state index contributed by atoms with van der Waals surface area (Å²) in [4.78, 5) is 23.3. The van der Waals surface area contributed by atoms with Crippen molar-refractivity contribution in [2.24, 2.45) is 4.99 Å². The van der Waals surface area contributed by atoms with Crippen LogP contribution in [-0.4, -0.2) is 33.1 Å². The van der Waals surface area contributed by atoms with Crippen molar-refractivity contribution >= 4 is 22.9 Å². The van der Waals surface area contributed by atoms with Gasteiger partial charge in [-0.3, -0.25) is 0 Å². The second kappa shape index (κ2) is 10.7. The van der Waals surface area contributed by atoms with E-state index in [2.05, 4.69) is 42.7 Å². The van der Waals surface area contributed by atoms with Crippen molar-refractivity contribution < 1.29 is 14.3 Å². The quantitative estimate of drug-likeness (QED) is 0.231. The molecule has 1 aliphatic carbocycles. The Labute approximate surface area is 241 Å². The first-order chi connectivity index (χ1) is 19.7. The van der Waals surface area contributed by atoms with Crippen molar-refractivity contribution in [2.45, 2.75) is 78.6 Å². The third-order valence-electron chi connectivity index (χ3n) is 7.65. The third-order valence-corrected chi connectivity index (χ3v) is 7.65. The van der Waals surface area contributed by atoms with Gasteiger partial charge in [0.1, 0.15) is 17.5 Å². The molecule has 1 unspecified atom stereocenters. The van der Waals surface area contributed by atoms with Gasteiger partial charge in [-0.25, -0.2) is 14.8 Å². The second-order valence-electron chi connectivity index (χ2n) is 12.0. The van der Waals surface area contributed by atoms with Crippen LogP contribution in [0.5, 0.6) is 0 Å². The lowest BCUT2D eigenvalue weighted by molar-refractivity contribution is 0.00703. The van der Waals surface area contributed by atoms with Gasteiger partial charge in [-0.1, -0.05) is 55.5 Å². The monoisotopic (exact) mass is 547 g/mol. The zero-order valence-electron chi connectivity index (χ0n) is 24.5. The number of esters is 1. The van der Waals surface area contributed by atoms with E-state index >= 15 is 0 Å². The number of rotatable bonds is 6. The number of hydrogen-bond donors (Lipinski definition) is 0. The van der Waals surface area contributed by atoms with Crippen LogP contribution in [0.15, 0.2) is 77.4 Å². The summed E-state index contributed by atoms with van der Waals surface area (Å²) in [6.45, 7) is 10.5. The topological polar surface area (TPSA) is 65.7 Å². The summed E-state index contributed by atoms with van der Waals surface area (Å²) < 4.78 is 14.4. The number of nitrogens with zero attached hydrogens (tertiary/aromatic N) is 3. The molecule has 6 rings (SSSR count). The van der Waals surface area contributed by atoms with Crippen molar-refractivity contribution in [3.8, 4) is 11.1 Å². The molecule has 0 N–H and O–H groups in total. The Morgan fingerprint density at radius 2 is 1.88 bits per heavy atom. The van der Waals surface area contributed by atoms with Crippen molar-refractivity contribution in [3.05, 3.63) is 101 Å². The van der Waals surface area contributed by atoms with Gasteiger partial charge < -0.3 is 14.0 Å². The average Bonchev–Trinajstić information content (AvgIpc) is 3.54. The maximum absolute atomic E-state index is 13.4. The van der Waals surface area contributed by atoms with E-state index in [1.807, 2.05) is 63.2 Å². The molecule has 2 heterocycles. The fourth-order valence-electron chi connectivity index (χ4n) is 5.73. The zero-order valence-corrected chi connectivity index (χ0v) is 24.5. The Hall–Kier alpha value is -4.19. The molecular formula is C35H37N3O3. The Balaban J connectivity index is 1.41. The zero-order chi connectivity index (χ0) is 28.7. The molecule has 0 fully saturated rings. The van der Waals surface area contributed by atoms with E-state index in [0.29, 0.717) is 18.0 Å². The summed E-state index contributed by atoms with van der Waals surface area (Å²) in [5.74, 6) is 1.37. The van der Waals surface area contributed by atoms with E-state index < -0.39 is 5.60 Å². The van der Waals surface area contributed by atoms with Gasteiger partial charge >= 0.3 is 5.97 Å². The molecule has 0 amide bonds. The van der Waals surface area contributed by atoms with Gasteiger partial charge in [-0.15, -0.1) is 0 Å². The SMILES string of the molecule is CCc1nc2c(C)cc(C3=NC4=CCCCC4O3)cc2n1Cc1ccc(-c2ccccc2)c(C(=O)OC(C)(C)C)c1. The van der Waals surface area contributed by atoms with Gasteiger partial charge in [0.25, 0.3) is 0 Å².